The van der Waals surface area contributed by atoms with Crippen LogP contribution in [0.5, 0.6) is 0 Å². The van der Waals surface area contributed by atoms with E-state index in [1.54, 1.807) is 12.1 Å². The van der Waals surface area contributed by atoms with Crippen LogP contribution in [-0.2, 0) is 9.47 Å². The van der Waals surface area contributed by atoms with E-state index in [1.165, 1.54) is 5.56 Å². The van der Waals surface area contributed by atoms with Crippen LogP contribution < -0.4 is 0 Å². The summed E-state index contributed by atoms with van der Waals surface area (Å²) in [5, 5.41) is 8.82. The van der Waals surface area contributed by atoms with Gasteiger partial charge in [-0.1, -0.05) is 42.5 Å². The Morgan fingerprint density at radius 3 is 2.40 bits per heavy atom. The van der Waals surface area contributed by atoms with Crippen molar-refractivity contribution in [3.05, 3.63) is 71.3 Å². The summed E-state index contributed by atoms with van der Waals surface area (Å²) in [5.74, 6) is 0. The highest BCUT2D eigenvalue weighted by Gasteiger charge is 2.25. The van der Waals surface area contributed by atoms with Crippen molar-refractivity contribution in [1.82, 2.24) is 0 Å². The molecule has 0 spiro atoms. The molecule has 1 aliphatic heterocycles. The second-order valence-electron chi connectivity index (χ2n) is 4.76. The first-order valence-corrected chi connectivity index (χ1v) is 6.69. The summed E-state index contributed by atoms with van der Waals surface area (Å²) in [5.41, 5.74) is 2.77. The van der Waals surface area contributed by atoms with Crippen LogP contribution in [0.4, 0.5) is 0 Å². The van der Waals surface area contributed by atoms with Gasteiger partial charge in [-0.05, 0) is 17.7 Å². The van der Waals surface area contributed by atoms with Crippen LogP contribution in [0, 0.1) is 11.3 Å². The van der Waals surface area contributed by atoms with Gasteiger partial charge < -0.3 is 9.47 Å². The largest absolute Gasteiger partial charge is 0.348 e. The standard InChI is InChI=1S/C17H15NO2/c18-12-13-6-8-15(9-7-13)17-19-11-10-16(20-17)14-4-2-1-3-5-14/h1-9,16-17H,10-11H2. The summed E-state index contributed by atoms with van der Waals surface area (Å²) in [6.07, 6.45) is 0.559. The topological polar surface area (TPSA) is 42.2 Å². The van der Waals surface area contributed by atoms with Gasteiger partial charge in [-0.15, -0.1) is 0 Å². The second kappa shape index (κ2) is 5.87. The van der Waals surface area contributed by atoms with Gasteiger partial charge in [-0.2, -0.15) is 5.26 Å². The molecule has 1 heterocycles. The molecule has 0 aromatic heterocycles. The molecule has 0 N–H and O–H groups in total. The third-order valence-electron chi connectivity index (χ3n) is 3.42. The summed E-state index contributed by atoms with van der Waals surface area (Å²) in [6, 6.07) is 19.6. The van der Waals surface area contributed by atoms with Crippen LogP contribution in [0.25, 0.3) is 0 Å². The van der Waals surface area contributed by atoms with E-state index in [-0.39, 0.29) is 12.4 Å². The highest BCUT2D eigenvalue weighted by atomic mass is 16.7. The maximum absolute atomic E-state index is 8.82. The van der Waals surface area contributed by atoms with E-state index < -0.39 is 0 Å². The van der Waals surface area contributed by atoms with Crippen LogP contribution in [0.2, 0.25) is 0 Å². The van der Waals surface area contributed by atoms with Crippen molar-refractivity contribution in [3.63, 3.8) is 0 Å². The first-order chi connectivity index (χ1) is 9.86. The lowest BCUT2D eigenvalue weighted by atomic mass is 10.1. The van der Waals surface area contributed by atoms with Gasteiger partial charge >= 0.3 is 0 Å². The zero-order valence-electron chi connectivity index (χ0n) is 11.0. The summed E-state index contributed by atoms with van der Waals surface area (Å²) in [7, 11) is 0. The van der Waals surface area contributed by atoms with Crippen LogP contribution in [0.1, 0.15) is 35.5 Å². The summed E-state index contributed by atoms with van der Waals surface area (Å²) in [6.45, 7) is 0.671. The normalized spacial score (nSPS) is 22.1. The van der Waals surface area contributed by atoms with E-state index in [0.717, 1.165) is 12.0 Å². The van der Waals surface area contributed by atoms with E-state index in [1.807, 2.05) is 30.3 Å². The lowest BCUT2D eigenvalue weighted by molar-refractivity contribution is -0.219. The Hall–Kier alpha value is -2.15. The summed E-state index contributed by atoms with van der Waals surface area (Å²) in [4.78, 5) is 0. The number of hydrogen-bond donors (Lipinski definition) is 0. The minimum atomic E-state index is -0.360. The van der Waals surface area contributed by atoms with Crippen molar-refractivity contribution in [3.8, 4) is 6.07 Å². The molecule has 0 aliphatic carbocycles. The molecule has 3 rings (SSSR count). The molecule has 1 fully saturated rings. The fraction of sp³-hybridized carbons (Fsp3) is 0.235. The molecule has 0 amide bonds. The van der Waals surface area contributed by atoms with Gasteiger partial charge in [0.15, 0.2) is 6.29 Å². The van der Waals surface area contributed by atoms with Crippen LogP contribution >= 0.6 is 0 Å². The molecule has 0 bridgehead atoms. The number of nitriles is 1. The molecule has 3 nitrogen and oxygen atoms in total. The van der Waals surface area contributed by atoms with Crippen molar-refractivity contribution in [2.24, 2.45) is 0 Å². The Balaban J connectivity index is 1.76. The van der Waals surface area contributed by atoms with Gasteiger partial charge in [0, 0.05) is 12.0 Å². The maximum Gasteiger partial charge on any atom is 0.184 e. The van der Waals surface area contributed by atoms with Gasteiger partial charge in [0.05, 0.1) is 24.3 Å². The smallest absolute Gasteiger partial charge is 0.184 e. The Morgan fingerprint density at radius 1 is 0.950 bits per heavy atom. The molecule has 2 aromatic carbocycles. The van der Waals surface area contributed by atoms with E-state index in [4.69, 9.17) is 14.7 Å². The Bertz CT molecular complexity index is 601. The lowest BCUT2D eigenvalue weighted by Gasteiger charge is -2.30. The van der Waals surface area contributed by atoms with Crippen molar-refractivity contribution in [2.75, 3.05) is 6.61 Å². The molecular weight excluding hydrogens is 250 g/mol. The predicted octanol–water partition coefficient (Wildman–Crippen LogP) is 3.74. The van der Waals surface area contributed by atoms with Crippen molar-refractivity contribution >= 4 is 0 Å². The van der Waals surface area contributed by atoms with Crippen LogP contribution in [-0.4, -0.2) is 6.61 Å². The zero-order chi connectivity index (χ0) is 13.8. The Labute approximate surface area is 118 Å². The highest BCUT2D eigenvalue weighted by Crippen LogP contribution is 2.34. The first-order valence-electron chi connectivity index (χ1n) is 6.69. The average Bonchev–Trinajstić information content (AvgIpc) is 2.56. The number of rotatable bonds is 2. The first kappa shape index (κ1) is 12.9. The molecule has 1 saturated heterocycles. The highest BCUT2D eigenvalue weighted by molar-refractivity contribution is 5.32. The maximum atomic E-state index is 8.82. The molecular formula is C17H15NO2. The molecule has 20 heavy (non-hydrogen) atoms. The SMILES string of the molecule is N#Cc1ccc(C2OCCC(c3ccccc3)O2)cc1. The van der Waals surface area contributed by atoms with Crippen LogP contribution in [0.15, 0.2) is 54.6 Å². The Morgan fingerprint density at radius 2 is 1.70 bits per heavy atom. The number of ether oxygens (including phenoxy) is 2. The number of benzene rings is 2. The molecule has 2 unspecified atom stereocenters. The number of nitrogens with zero attached hydrogens (tertiary/aromatic N) is 1. The van der Waals surface area contributed by atoms with E-state index in [2.05, 4.69) is 18.2 Å². The predicted molar refractivity (Wildman–Crippen MR) is 74.7 cm³/mol. The molecule has 3 heteroatoms. The average molecular weight is 265 g/mol. The quantitative estimate of drug-likeness (QED) is 0.830. The van der Waals surface area contributed by atoms with Crippen molar-refractivity contribution in [1.29, 1.82) is 5.26 Å². The molecule has 2 aromatic rings. The third-order valence-corrected chi connectivity index (χ3v) is 3.42. The Kier molecular flexibility index (Phi) is 3.78. The monoisotopic (exact) mass is 265 g/mol. The minimum Gasteiger partial charge on any atom is -0.348 e. The zero-order valence-corrected chi connectivity index (χ0v) is 11.0. The lowest BCUT2D eigenvalue weighted by Crippen LogP contribution is -2.21. The molecule has 2 atom stereocenters. The number of hydrogen-bond acceptors (Lipinski definition) is 3. The van der Waals surface area contributed by atoms with Crippen molar-refractivity contribution < 1.29 is 9.47 Å². The van der Waals surface area contributed by atoms with Gasteiger partial charge in [0.25, 0.3) is 0 Å². The van der Waals surface area contributed by atoms with E-state index >= 15 is 0 Å². The minimum absolute atomic E-state index is 0.0607. The fourth-order valence-electron chi connectivity index (χ4n) is 2.34. The van der Waals surface area contributed by atoms with E-state index in [0.29, 0.717) is 12.2 Å². The van der Waals surface area contributed by atoms with Gasteiger partial charge in [-0.3, -0.25) is 0 Å². The van der Waals surface area contributed by atoms with Crippen molar-refractivity contribution in [2.45, 2.75) is 18.8 Å². The second-order valence-corrected chi connectivity index (χ2v) is 4.76. The molecule has 0 radical (unpaired) electrons. The van der Waals surface area contributed by atoms with Crippen LogP contribution in [0.3, 0.4) is 0 Å². The van der Waals surface area contributed by atoms with E-state index in [9.17, 15) is 0 Å². The summed E-state index contributed by atoms with van der Waals surface area (Å²) >= 11 is 0. The summed E-state index contributed by atoms with van der Waals surface area (Å²) < 4.78 is 11.7. The van der Waals surface area contributed by atoms with Gasteiger partial charge in [0.2, 0.25) is 0 Å². The third kappa shape index (κ3) is 2.72. The molecule has 100 valence electrons. The molecule has 1 aliphatic rings. The van der Waals surface area contributed by atoms with Gasteiger partial charge in [0.1, 0.15) is 0 Å². The molecule has 0 saturated carbocycles. The van der Waals surface area contributed by atoms with Gasteiger partial charge in [-0.25, -0.2) is 0 Å². The fourth-order valence-corrected chi connectivity index (χ4v) is 2.34.